The predicted molar refractivity (Wildman–Crippen MR) is 127 cm³/mol. The van der Waals surface area contributed by atoms with Crippen LogP contribution in [0.4, 0.5) is 5.69 Å². The molecule has 2 amide bonds. The molecule has 0 spiro atoms. The summed E-state index contributed by atoms with van der Waals surface area (Å²) in [5.41, 5.74) is 3.86. The molecule has 0 radical (unpaired) electrons. The predicted octanol–water partition coefficient (Wildman–Crippen LogP) is 5.13. The van der Waals surface area contributed by atoms with Crippen LogP contribution in [-0.2, 0) is 11.3 Å². The number of carbonyl (C=O) groups excluding carboxylic acids is 2. The van der Waals surface area contributed by atoms with E-state index in [0.717, 1.165) is 16.6 Å². The minimum absolute atomic E-state index is 0.0487. The summed E-state index contributed by atoms with van der Waals surface area (Å²) in [5, 5.41) is 6.40. The van der Waals surface area contributed by atoms with Crippen LogP contribution in [0.2, 0.25) is 5.02 Å². The summed E-state index contributed by atoms with van der Waals surface area (Å²) in [6, 6.07) is 21.6. The van der Waals surface area contributed by atoms with E-state index in [9.17, 15) is 9.59 Å². The van der Waals surface area contributed by atoms with Crippen molar-refractivity contribution >= 4 is 40.1 Å². The van der Waals surface area contributed by atoms with Crippen LogP contribution in [0.25, 0.3) is 11.0 Å². The Morgan fingerprint density at radius 1 is 1.03 bits per heavy atom. The average molecular weight is 447 g/mol. The van der Waals surface area contributed by atoms with Crippen LogP contribution >= 0.6 is 11.6 Å². The van der Waals surface area contributed by atoms with Gasteiger partial charge in [0.05, 0.1) is 17.1 Å². The summed E-state index contributed by atoms with van der Waals surface area (Å²) >= 11 is 6.02. The van der Waals surface area contributed by atoms with E-state index in [1.807, 2.05) is 54.8 Å². The monoisotopic (exact) mass is 446 g/mol. The number of aryl methyl sites for hydroxylation is 1. The molecule has 0 aliphatic rings. The molecule has 32 heavy (non-hydrogen) atoms. The lowest BCUT2D eigenvalue weighted by atomic mass is 10.1. The number of hydrogen-bond donors (Lipinski definition) is 2. The molecule has 0 aliphatic carbocycles. The SMILES string of the molecule is Cc1ccc(C(=O)NC(C)c2nc3ccccc3n2CC(=O)Nc2cccc(Cl)c2)cc1. The third kappa shape index (κ3) is 4.81. The molecule has 1 heterocycles. The van der Waals surface area contributed by atoms with E-state index in [1.165, 1.54) is 0 Å². The molecular weight excluding hydrogens is 424 g/mol. The molecule has 4 aromatic rings. The maximum Gasteiger partial charge on any atom is 0.251 e. The van der Waals surface area contributed by atoms with Crippen molar-refractivity contribution in [1.82, 2.24) is 14.9 Å². The van der Waals surface area contributed by atoms with Crippen LogP contribution in [0.5, 0.6) is 0 Å². The van der Waals surface area contributed by atoms with Crippen LogP contribution in [0, 0.1) is 6.92 Å². The molecule has 1 atom stereocenters. The van der Waals surface area contributed by atoms with Crippen molar-refractivity contribution in [2.45, 2.75) is 26.4 Å². The Morgan fingerprint density at radius 3 is 2.53 bits per heavy atom. The number of anilines is 1. The molecule has 0 aliphatic heterocycles. The summed E-state index contributed by atoms with van der Waals surface area (Å²) in [5.74, 6) is 0.195. The number of amides is 2. The fourth-order valence-corrected chi connectivity index (χ4v) is 3.74. The number of nitrogens with zero attached hydrogens (tertiary/aromatic N) is 2. The molecule has 3 aromatic carbocycles. The number of carbonyl (C=O) groups is 2. The average Bonchev–Trinajstić information content (AvgIpc) is 3.12. The molecule has 1 aromatic heterocycles. The molecule has 2 N–H and O–H groups in total. The van der Waals surface area contributed by atoms with Gasteiger partial charge in [0.1, 0.15) is 12.4 Å². The topological polar surface area (TPSA) is 76.0 Å². The zero-order chi connectivity index (χ0) is 22.7. The highest BCUT2D eigenvalue weighted by molar-refractivity contribution is 6.30. The van der Waals surface area contributed by atoms with Crippen molar-refractivity contribution in [2.75, 3.05) is 5.32 Å². The number of aromatic nitrogens is 2. The van der Waals surface area contributed by atoms with Crippen molar-refractivity contribution in [2.24, 2.45) is 0 Å². The molecule has 0 saturated carbocycles. The molecule has 0 fully saturated rings. The number of benzene rings is 3. The van der Waals surface area contributed by atoms with Gasteiger partial charge in [-0.2, -0.15) is 0 Å². The van der Waals surface area contributed by atoms with Gasteiger partial charge in [-0.05, 0) is 56.3 Å². The fraction of sp³-hybridized carbons (Fsp3) is 0.160. The Balaban J connectivity index is 1.58. The first-order valence-corrected chi connectivity index (χ1v) is 10.7. The lowest BCUT2D eigenvalue weighted by Crippen LogP contribution is -2.30. The van der Waals surface area contributed by atoms with Crippen LogP contribution in [0.15, 0.2) is 72.8 Å². The molecule has 0 bridgehead atoms. The van der Waals surface area contributed by atoms with Crippen molar-refractivity contribution in [3.8, 4) is 0 Å². The van der Waals surface area contributed by atoms with Gasteiger partial charge in [0, 0.05) is 16.3 Å². The quantitative estimate of drug-likeness (QED) is 0.431. The van der Waals surface area contributed by atoms with Crippen molar-refractivity contribution in [3.63, 3.8) is 0 Å². The minimum Gasteiger partial charge on any atom is -0.342 e. The highest BCUT2D eigenvalue weighted by Crippen LogP contribution is 2.22. The van der Waals surface area contributed by atoms with E-state index in [4.69, 9.17) is 16.6 Å². The van der Waals surface area contributed by atoms with E-state index in [2.05, 4.69) is 10.6 Å². The second-order valence-electron chi connectivity index (χ2n) is 7.66. The summed E-state index contributed by atoms with van der Waals surface area (Å²) in [6.07, 6.45) is 0. The van der Waals surface area contributed by atoms with Crippen LogP contribution in [-0.4, -0.2) is 21.4 Å². The Labute approximate surface area is 191 Å². The zero-order valence-corrected chi connectivity index (χ0v) is 18.6. The van der Waals surface area contributed by atoms with E-state index < -0.39 is 6.04 Å². The zero-order valence-electron chi connectivity index (χ0n) is 17.8. The number of hydrogen-bond acceptors (Lipinski definition) is 3. The first-order valence-electron chi connectivity index (χ1n) is 10.3. The molecule has 6 nitrogen and oxygen atoms in total. The van der Waals surface area contributed by atoms with E-state index in [0.29, 0.717) is 22.1 Å². The van der Waals surface area contributed by atoms with Crippen molar-refractivity contribution in [1.29, 1.82) is 0 Å². The lowest BCUT2D eigenvalue weighted by Gasteiger charge is -2.16. The van der Waals surface area contributed by atoms with Crippen molar-refractivity contribution in [3.05, 3.63) is 94.8 Å². The number of nitrogens with one attached hydrogen (secondary N) is 2. The molecule has 1 unspecified atom stereocenters. The largest absolute Gasteiger partial charge is 0.342 e. The third-order valence-electron chi connectivity index (χ3n) is 5.14. The summed E-state index contributed by atoms with van der Waals surface area (Å²) in [4.78, 5) is 30.2. The van der Waals surface area contributed by atoms with Gasteiger partial charge in [0.15, 0.2) is 0 Å². The van der Waals surface area contributed by atoms with Crippen LogP contribution in [0.1, 0.15) is 34.7 Å². The molecule has 162 valence electrons. The van der Waals surface area contributed by atoms with Gasteiger partial charge < -0.3 is 15.2 Å². The number of para-hydroxylation sites is 2. The highest BCUT2D eigenvalue weighted by atomic mass is 35.5. The molecule has 0 saturated heterocycles. The second kappa shape index (κ2) is 9.24. The molecule has 7 heteroatoms. The molecule has 4 rings (SSSR count). The highest BCUT2D eigenvalue weighted by Gasteiger charge is 2.20. The van der Waals surface area contributed by atoms with Gasteiger partial charge in [-0.15, -0.1) is 0 Å². The lowest BCUT2D eigenvalue weighted by molar-refractivity contribution is -0.116. The normalized spacial score (nSPS) is 11.8. The van der Waals surface area contributed by atoms with Gasteiger partial charge in [0.25, 0.3) is 5.91 Å². The molecular formula is C25H23ClN4O2. The minimum atomic E-state index is -0.407. The third-order valence-corrected chi connectivity index (χ3v) is 5.38. The van der Waals surface area contributed by atoms with Gasteiger partial charge in [0.2, 0.25) is 5.91 Å². The van der Waals surface area contributed by atoms with Crippen LogP contribution in [0.3, 0.4) is 0 Å². The smallest absolute Gasteiger partial charge is 0.251 e. The van der Waals surface area contributed by atoms with E-state index in [-0.39, 0.29) is 18.4 Å². The van der Waals surface area contributed by atoms with Crippen molar-refractivity contribution < 1.29 is 9.59 Å². The van der Waals surface area contributed by atoms with Gasteiger partial charge in [-0.1, -0.05) is 47.5 Å². The standard InChI is InChI=1S/C25H23ClN4O2/c1-16-10-12-18(13-11-16)25(32)27-17(2)24-29-21-8-3-4-9-22(21)30(24)15-23(31)28-20-7-5-6-19(26)14-20/h3-14,17H,15H2,1-2H3,(H,27,32)(H,28,31). The number of rotatable bonds is 6. The van der Waals surface area contributed by atoms with E-state index in [1.54, 1.807) is 36.4 Å². The summed E-state index contributed by atoms with van der Waals surface area (Å²) in [6.45, 7) is 3.88. The Bertz CT molecular complexity index is 1280. The van der Waals surface area contributed by atoms with Gasteiger partial charge >= 0.3 is 0 Å². The number of imidazole rings is 1. The number of fused-ring (bicyclic) bond motifs is 1. The second-order valence-corrected chi connectivity index (χ2v) is 8.10. The first kappa shape index (κ1) is 21.6. The maximum absolute atomic E-state index is 12.8. The summed E-state index contributed by atoms with van der Waals surface area (Å²) < 4.78 is 1.83. The van der Waals surface area contributed by atoms with Gasteiger partial charge in [-0.25, -0.2) is 4.98 Å². The number of halogens is 1. The maximum atomic E-state index is 12.8. The Morgan fingerprint density at radius 2 is 1.78 bits per heavy atom. The van der Waals surface area contributed by atoms with E-state index >= 15 is 0 Å². The Hall–Kier alpha value is -3.64. The van der Waals surface area contributed by atoms with Crippen LogP contribution < -0.4 is 10.6 Å². The van der Waals surface area contributed by atoms with Gasteiger partial charge in [-0.3, -0.25) is 9.59 Å². The fourth-order valence-electron chi connectivity index (χ4n) is 3.55. The summed E-state index contributed by atoms with van der Waals surface area (Å²) in [7, 11) is 0. The Kier molecular flexibility index (Phi) is 6.23. The first-order chi connectivity index (χ1) is 15.4.